The van der Waals surface area contributed by atoms with E-state index in [1.807, 2.05) is 36.5 Å². The van der Waals surface area contributed by atoms with Crippen LogP contribution in [0.25, 0.3) is 72.3 Å². The normalized spacial score (nSPS) is 11.3. The molecule has 202 valence electrons. The maximum atomic E-state index is 4.97. The van der Waals surface area contributed by atoms with E-state index in [0.29, 0.717) is 0 Å². The van der Waals surface area contributed by atoms with Crippen molar-refractivity contribution in [3.8, 4) is 39.5 Å². The molecule has 5 aromatic carbocycles. The van der Waals surface area contributed by atoms with Crippen molar-refractivity contribution >= 4 is 32.8 Å². The minimum absolute atomic E-state index is 0. The molecule has 0 spiro atoms. The third kappa shape index (κ3) is 4.19. The third-order valence-electron chi connectivity index (χ3n) is 7.77. The van der Waals surface area contributed by atoms with Gasteiger partial charge in [0.2, 0.25) is 0 Å². The average molecular weight is 720 g/mol. The number of pyridine rings is 1. The standard InChI is InChI=1S/C37H24N4.Pt/c1-40-34-19-6-5-18-33(34)39-37(40)27-20-21-30-31-16-10-15-29(25-11-3-2-4-12-25)36(31)41(35(30)24-27)28-14-9-13-26(23-28)32-17-7-8-22-38-32;/h2-22H,1H3;/q-2;+2. The molecule has 0 amide bonds. The molecule has 0 aliphatic heterocycles. The van der Waals surface area contributed by atoms with Crippen LogP contribution in [0, 0.1) is 12.1 Å². The van der Waals surface area contributed by atoms with Gasteiger partial charge in [0, 0.05) is 24.3 Å². The second kappa shape index (κ2) is 10.6. The first-order valence-corrected chi connectivity index (χ1v) is 13.7. The number of benzene rings is 5. The van der Waals surface area contributed by atoms with E-state index in [2.05, 4.69) is 124 Å². The molecule has 0 saturated carbocycles. The van der Waals surface area contributed by atoms with Gasteiger partial charge in [0.25, 0.3) is 0 Å². The fraction of sp³-hybridized carbons (Fsp3) is 0.0270. The van der Waals surface area contributed by atoms with Crippen LogP contribution in [0.4, 0.5) is 0 Å². The van der Waals surface area contributed by atoms with Crippen LogP contribution in [-0.2, 0) is 28.1 Å². The molecule has 42 heavy (non-hydrogen) atoms. The molecule has 8 aromatic rings. The summed E-state index contributed by atoms with van der Waals surface area (Å²) in [5.74, 6) is 0.888. The van der Waals surface area contributed by atoms with Crippen molar-refractivity contribution < 1.29 is 21.1 Å². The minimum Gasteiger partial charge on any atom is -0.367 e. The molecule has 3 heterocycles. The van der Waals surface area contributed by atoms with Crippen LogP contribution in [-0.4, -0.2) is 19.1 Å². The Balaban J connectivity index is 0.00000288. The van der Waals surface area contributed by atoms with Gasteiger partial charge >= 0.3 is 21.1 Å². The van der Waals surface area contributed by atoms with E-state index in [1.165, 1.54) is 10.9 Å². The Morgan fingerprint density at radius 3 is 2.29 bits per heavy atom. The summed E-state index contributed by atoms with van der Waals surface area (Å²) in [6.45, 7) is 0. The van der Waals surface area contributed by atoms with Crippen LogP contribution in [0.3, 0.4) is 0 Å². The molecule has 0 fully saturated rings. The van der Waals surface area contributed by atoms with Crippen molar-refractivity contribution in [2.75, 3.05) is 0 Å². The average Bonchev–Trinajstić information content (AvgIpc) is 3.56. The van der Waals surface area contributed by atoms with Crippen LogP contribution in [0.2, 0.25) is 0 Å². The number of hydrogen-bond donors (Lipinski definition) is 0. The van der Waals surface area contributed by atoms with Crippen LogP contribution < -0.4 is 0 Å². The van der Waals surface area contributed by atoms with Crippen LogP contribution in [0.1, 0.15) is 0 Å². The van der Waals surface area contributed by atoms with Crippen molar-refractivity contribution in [1.29, 1.82) is 0 Å². The largest absolute Gasteiger partial charge is 2.00 e. The Morgan fingerprint density at radius 1 is 0.643 bits per heavy atom. The van der Waals surface area contributed by atoms with E-state index in [4.69, 9.17) is 4.98 Å². The van der Waals surface area contributed by atoms with Crippen molar-refractivity contribution in [1.82, 2.24) is 19.1 Å². The molecule has 0 bridgehead atoms. The first kappa shape index (κ1) is 26.1. The van der Waals surface area contributed by atoms with Gasteiger partial charge in [0.15, 0.2) is 0 Å². The molecule has 3 aromatic heterocycles. The number of aromatic nitrogens is 4. The summed E-state index contributed by atoms with van der Waals surface area (Å²) in [7, 11) is 2.07. The molecule has 0 atom stereocenters. The van der Waals surface area contributed by atoms with Gasteiger partial charge in [0.05, 0.1) is 16.9 Å². The predicted octanol–water partition coefficient (Wildman–Crippen LogP) is 8.66. The zero-order valence-electron chi connectivity index (χ0n) is 22.7. The van der Waals surface area contributed by atoms with Gasteiger partial charge in [0.1, 0.15) is 0 Å². The van der Waals surface area contributed by atoms with Crippen molar-refractivity contribution in [3.63, 3.8) is 0 Å². The smallest absolute Gasteiger partial charge is 0.367 e. The summed E-state index contributed by atoms with van der Waals surface area (Å²) < 4.78 is 4.44. The summed E-state index contributed by atoms with van der Waals surface area (Å²) in [6, 6.07) is 49.4. The molecule has 0 aliphatic rings. The maximum Gasteiger partial charge on any atom is 2.00 e. The summed E-state index contributed by atoms with van der Waals surface area (Å²) >= 11 is 0. The van der Waals surface area contributed by atoms with Gasteiger partial charge in [-0.15, -0.1) is 53.6 Å². The monoisotopic (exact) mass is 719 g/mol. The van der Waals surface area contributed by atoms with Crippen LogP contribution in [0.15, 0.2) is 128 Å². The molecule has 0 unspecified atom stereocenters. The topological polar surface area (TPSA) is 35.6 Å². The fourth-order valence-electron chi connectivity index (χ4n) is 5.86. The van der Waals surface area contributed by atoms with E-state index in [0.717, 1.165) is 61.3 Å². The zero-order chi connectivity index (χ0) is 27.3. The van der Waals surface area contributed by atoms with Crippen LogP contribution >= 0.6 is 0 Å². The number of imidazole rings is 1. The second-order valence-electron chi connectivity index (χ2n) is 10.2. The van der Waals surface area contributed by atoms with E-state index in [-0.39, 0.29) is 21.1 Å². The zero-order valence-corrected chi connectivity index (χ0v) is 25.0. The fourth-order valence-corrected chi connectivity index (χ4v) is 5.86. The number of hydrogen-bond acceptors (Lipinski definition) is 2. The summed E-state index contributed by atoms with van der Waals surface area (Å²) in [5, 5.41) is 2.31. The van der Waals surface area contributed by atoms with Gasteiger partial charge in [-0.25, -0.2) is 0 Å². The van der Waals surface area contributed by atoms with Gasteiger partial charge in [-0.2, -0.15) is 0 Å². The second-order valence-corrected chi connectivity index (χ2v) is 10.2. The molecule has 5 heteroatoms. The van der Waals surface area contributed by atoms with E-state index in [9.17, 15) is 0 Å². The predicted molar refractivity (Wildman–Crippen MR) is 167 cm³/mol. The van der Waals surface area contributed by atoms with E-state index >= 15 is 0 Å². The maximum absolute atomic E-state index is 4.97. The molecule has 0 N–H and O–H groups in total. The molecule has 0 radical (unpaired) electrons. The molecule has 4 nitrogen and oxygen atoms in total. The van der Waals surface area contributed by atoms with E-state index in [1.54, 1.807) is 0 Å². The molecule has 0 saturated heterocycles. The summed E-state index contributed by atoms with van der Waals surface area (Å²) in [4.78, 5) is 9.56. The molecular formula is C37H24N4Pt. The van der Waals surface area contributed by atoms with Gasteiger partial charge in [-0.05, 0) is 46.0 Å². The Kier molecular flexibility index (Phi) is 6.57. The first-order valence-electron chi connectivity index (χ1n) is 13.7. The number of rotatable bonds is 4. The van der Waals surface area contributed by atoms with Crippen molar-refractivity contribution in [2.24, 2.45) is 7.05 Å². The Labute approximate surface area is 258 Å². The summed E-state index contributed by atoms with van der Waals surface area (Å²) in [5.41, 5.74) is 10.2. The van der Waals surface area contributed by atoms with Gasteiger partial charge < -0.3 is 14.1 Å². The molecule has 8 rings (SSSR count). The Bertz CT molecular complexity index is 2210. The van der Waals surface area contributed by atoms with Crippen LogP contribution in [0.5, 0.6) is 0 Å². The molecule has 0 aliphatic carbocycles. The number of aryl methyl sites for hydroxylation is 1. The van der Waals surface area contributed by atoms with Gasteiger partial charge in [-0.3, -0.25) is 4.98 Å². The van der Waals surface area contributed by atoms with E-state index < -0.39 is 0 Å². The molecular weight excluding hydrogens is 696 g/mol. The SMILES string of the molecule is Cn1c(-c2[c-]c3c(cc2)c2cccc(-c4ccccc4)c2n3-c2[c-]c(-c3ccccn3)ccc2)nc2ccccc21.[Pt+2]. The third-order valence-corrected chi connectivity index (χ3v) is 7.77. The van der Waals surface area contributed by atoms with Crippen molar-refractivity contribution in [2.45, 2.75) is 0 Å². The quantitative estimate of drug-likeness (QED) is 0.171. The van der Waals surface area contributed by atoms with Gasteiger partial charge in [-0.1, -0.05) is 78.2 Å². The Hall–Kier alpha value is -4.79. The number of nitrogens with zero attached hydrogens (tertiary/aromatic N) is 4. The number of para-hydroxylation sites is 3. The minimum atomic E-state index is 0. The Morgan fingerprint density at radius 2 is 1.45 bits per heavy atom. The summed E-state index contributed by atoms with van der Waals surface area (Å²) in [6.07, 6.45) is 1.82. The first-order chi connectivity index (χ1) is 20.3. The number of fused-ring (bicyclic) bond motifs is 4. The van der Waals surface area contributed by atoms with Crippen molar-refractivity contribution in [3.05, 3.63) is 140 Å².